The first-order chi connectivity index (χ1) is 16.1. The third kappa shape index (κ3) is 3.46. The van der Waals surface area contributed by atoms with Crippen molar-refractivity contribution >= 4 is 38.2 Å². The molecule has 7 nitrogen and oxygen atoms in total. The number of piperazine rings is 1. The second-order valence-electron chi connectivity index (χ2n) is 8.49. The number of benzene rings is 2. The number of aryl methyl sites for hydroxylation is 1. The first kappa shape index (κ1) is 20.3. The molecule has 4 heterocycles. The highest BCUT2D eigenvalue weighted by Crippen LogP contribution is 2.33. The van der Waals surface area contributed by atoms with Gasteiger partial charge in [-0.2, -0.15) is 0 Å². The number of pyridine rings is 1. The number of carbonyl (C=O) groups is 1. The summed E-state index contributed by atoms with van der Waals surface area (Å²) in [6, 6.07) is 15.7. The van der Waals surface area contributed by atoms with Crippen LogP contribution in [0.1, 0.15) is 15.2 Å². The largest absolute Gasteiger partial charge is 0.454 e. The van der Waals surface area contributed by atoms with E-state index < -0.39 is 0 Å². The topological polar surface area (TPSA) is 64.0 Å². The Morgan fingerprint density at radius 2 is 1.76 bits per heavy atom. The Labute approximate surface area is 194 Å². The van der Waals surface area contributed by atoms with Crippen molar-refractivity contribution in [3.05, 3.63) is 69.3 Å². The Hall–Kier alpha value is -3.36. The minimum Gasteiger partial charge on any atom is -0.454 e. The highest BCUT2D eigenvalue weighted by atomic mass is 32.1. The van der Waals surface area contributed by atoms with Gasteiger partial charge in [-0.25, -0.2) is 0 Å². The van der Waals surface area contributed by atoms with Crippen LogP contribution in [0.2, 0.25) is 0 Å². The number of hydrogen-bond acceptors (Lipinski definition) is 6. The lowest BCUT2D eigenvalue weighted by atomic mass is 10.1. The lowest BCUT2D eigenvalue weighted by Crippen LogP contribution is -2.48. The van der Waals surface area contributed by atoms with Crippen molar-refractivity contribution in [1.29, 1.82) is 0 Å². The second-order valence-corrected chi connectivity index (χ2v) is 9.54. The van der Waals surface area contributed by atoms with Gasteiger partial charge >= 0.3 is 0 Å². The molecule has 0 atom stereocenters. The van der Waals surface area contributed by atoms with Crippen LogP contribution < -0.4 is 15.0 Å². The number of para-hydroxylation sites is 1. The number of thiophene rings is 1. The molecule has 0 radical (unpaired) electrons. The van der Waals surface area contributed by atoms with Gasteiger partial charge in [-0.05, 0) is 29.8 Å². The summed E-state index contributed by atoms with van der Waals surface area (Å²) in [5.74, 6) is 1.59. The van der Waals surface area contributed by atoms with Crippen molar-refractivity contribution in [2.45, 2.75) is 6.54 Å². The zero-order chi connectivity index (χ0) is 22.5. The third-order valence-electron chi connectivity index (χ3n) is 6.49. The van der Waals surface area contributed by atoms with E-state index >= 15 is 0 Å². The lowest BCUT2D eigenvalue weighted by Gasteiger charge is -2.34. The van der Waals surface area contributed by atoms with Gasteiger partial charge in [0.05, 0.1) is 15.8 Å². The predicted molar refractivity (Wildman–Crippen MR) is 128 cm³/mol. The zero-order valence-corrected chi connectivity index (χ0v) is 19.1. The molecule has 0 spiro atoms. The molecule has 2 aliphatic heterocycles. The summed E-state index contributed by atoms with van der Waals surface area (Å²) < 4.78 is 13.4. The number of carbonyl (C=O) groups excluding carboxylic acids is 1. The quantitative estimate of drug-likeness (QED) is 0.468. The first-order valence-electron chi connectivity index (χ1n) is 11.0. The number of fused-ring (bicyclic) bond motifs is 4. The van der Waals surface area contributed by atoms with E-state index in [0.717, 1.165) is 46.7 Å². The fraction of sp³-hybridized carbons (Fsp3) is 0.280. The van der Waals surface area contributed by atoms with Crippen molar-refractivity contribution in [3.8, 4) is 11.5 Å². The summed E-state index contributed by atoms with van der Waals surface area (Å²) in [5.41, 5.74) is 1.99. The molecule has 2 aromatic heterocycles. The number of amides is 1. The Kier molecular flexibility index (Phi) is 4.85. The number of ether oxygens (including phenoxy) is 2. The molecule has 1 amide bonds. The lowest BCUT2D eigenvalue weighted by molar-refractivity contribution is 0.0633. The number of hydrogen-bond donors (Lipinski definition) is 0. The van der Waals surface area contributed by atoms with E-state index in [1.165, 1.54) is 16.9 Å². The van der Waals surface area contributed by atoms with Crippen LogP contribution in [-0.4, -0.2) is 53.2 Å². The molecule has 2 aromatic carbocycles. The van der Waals surface area contributed by atoms with Crippen molar-refractivity contribution in [2.75, 3.05) is 33.0 Å². The first-order valence-corrected chi connectivity index (χ1v) is 11.8. The normalized spacial score (nSPS) is 16.1. The molecule has 4 aromatic rings. The van der Waals surface area contributed by atoms with Gasteiger partial charge in [-0.1, -0.05) is 24.3 Å². The van der Waals surface area contributed by atoms with Gasteiger partial charge in [0.1, 0.15) is 0 Å². The predicted octanol–water partition coefficient (Wildman–Crippen LogP) is 3.44. The molecule has 0 aliphatic carbocycles. The maximum Gasteiger partial charge on any atom is 0.264 e. The zero-order valence-electron chi connectivity index (χ0n) is 18.2. The summed E-state index contributed by atoms with van der Waals surface area (Å²) in [6.45, 7) is 4.01. The van der Waals surface area contributed by atoms with Crippen molar-refractivity contribution in [1.82, 2.24) is 14.4 Å². The van der Waals surface area contributed by atoms with Crippen LogP contribution in [0, 0.1) is 0 Å². The summed E-state index contributed by atoms with van der Waals surface area (Å²) in [7, 11) is 1.78. The Morgan fingerprint density at radius 3 is 2.61 bits per heavy atom. The van der Waals surface area contributed by atoms with Crippen LogP contribution in [0.4, 0.5) is 0 Å². The van der Waals surface area contributed by atoms with Crippen LogP contribution in [0.25, 0.3) is 21.0 Å². The van der Waals surface area contributed by atoms with E-state index in [9.17, 15) is 9.59 Å². The van der Waals surface area contributed by atoms with E-state index in [4.69, 9.17) is 9.47 Å². The van der Waals surface area contributed by atoms with Gasteiger partial charge in [0, 0.05) is 49.9 Å². The van der Waals surface area contributed by atoms with E-state index in [1.807, 2.05) is 41.3 Å². The Morgan fingerprint density at radius 1 is 0.970 bits per heavy atom. The molecule has 1 saturated heterocycles. The van der Waals surface area contributed by atoms with Crippen LogP contribution in [0.3, 0.4) is 0 Å². The molecular weight excluding hydrogens is 438 g/mol. The minimum absolute atomic E-state index is 0.00469. The van der Waals surface area contributed by atoms with Gasteiger partial charge in [-0.3, -0.25) is 14.5 Å². The Bertz CT molecular complexity index is 1450. The van der Waals surface area contributed by atoms with Crippen molar-refractivity contribution in [3.63, 3.8) is 0 Å². The summed E-state index contributed by atoms with van der Waals surface area (Å²) in [4.78, 5) is 31.0. The monoisotopic (exact) mass is 461 g/mol. The average Bonchev–Trinajstić information content (AvgIpc) is 3.50. The fourth-order valence-corrected chi connectivity index (χ4v) is 5.82. The van der Waals surface area contributed by atoms with Gasteiger partial charge < -0.3 is 18.9 Å². The molecule has 8 heteroatoms. The maximum absolute atomic E-state index is 13.3. The number of aromatic nitrogens is 1. The highest BCUT2D eigenvalue weighted by Gasteiger charge is 2.25. The van der Waals surface area contributed by atoms with Crippen LogP contribution >= 0.6 is 11.3 Å². The second kappa shape index (κ2) is 7.90. The molecule has 1 fully saturated rings. The van der Waals surface area contributed by atoms with Gasteiger partial charge in [0.2, 0.25) is 6.79 Å². The molecule has 6 rings (SSSR count). The average molecular weight is 462 g/mol. The molecule has 0 saturated carbocycles. The van der Waals surface area contributed by atoms with Crippen LogP contribution in [0.5, 0.6) is 11.5 Å². The standard InChI is InChI=1S/C25H23N3O4S/c1-26-19-5-3-2-4-17(19)23-18(24(26)29)13-22(33-23)25(30)28-10-8-27(9-11-28)14-16-6-7-20-21(12-16)32-15-31-20/h2-7,12-13H,8-11,14-15H2,1H3. The van der Waals surface area contributed by atoms with E-state index in [1.54, 1.807) is 17.7 Å². The summed E-state index contributed by atoms with van der Waals surface area (Å²) in [6.07, 6.45) is 0. The molecule has 0 N–H and O–H groups in total. The van der Waals surface area contributed by atoms with Crippen LogP contribution in [0.15, 0.2) is 53.3 Å². The van der Waals surface area contributed by atoms with Crippen molar-refractivity contribution < 1.29 is 14.3 Å². The number of nitrogens with zero attached hydrogens (tertiary/aromatic N) is 3. The van der Waals surface area contributed by atoms with Gasteiger partial charge in [0.15, 0.2) is 11.5 Å². The summed E-state index contributed by atoms with van der Waals surface area (Å²) in [5, 5.41) is 1.62. The molecular formula is C25H23N3O4S. The van der Waals surface area contributed by atoms with Crippen LogP contribution in [-0.2, 0) is 13.6 Å². The smallest absolute Gasteiger partial charge is 0.264 e. The van der Waals surface area contributed by atoms with E-state index in [-0.39, 0.29) is 18.3 Å². The molecule has 168 valence electrons. The molecule has 2 aliphatic rings. The maximum atomic E-state index is 13.3. The van der Waals surface area contributed by atoms with Gasteiger partial charge in [-0.15, -0.1) is 11.3 Å². The minimum atomic E-state index is -0.0625. The molecule has 0 bridgehead atoms. The Balaban J connectivity index is 1.19. The van der Waals surface area contributed by atoms with Crippen molar-refractivity contribution in [2.24, 2.45) is 7.05 Å². The fourth-order valence-electron chi connectivity index (χ4n) is 4.67. The SMILES string of the molecule is Cn1c(=O)c2cc(C(=O)N3CCN(Cc4ccc5c(c4)OCO5)CC3)sc2c2ccccc21. The highest BCUT2D eigenvalue weighted by molar-refractivity contribution is 7.21. The molecule has 0 unspecified atom stereocenters. The number of rotatable bonds is 3. The van der Waals surface area contributed by atoms with E-state index in [2.05, 4.69) is 11.0 Å². The third-order valence-corrected chi connectivity index (χ3v) is 7.65. The van der Waals surface area contributed by atoms with Gasteiger partial charge in [0.25, 0.3) is 11.5 Å². The molecule has 33 heavy (non-hydrogen) atoms. The van der Waals surface area contributed by atoms with E-state index in [0.29, 0.717) is 23.4 Å². The summed E-state index contributed by atoms with van der Waals surface area (Å²) >= 11 is 1.42.